The van der Waals surface area contributed by atoms with Crippen molar-refractivity contribution in [3.63, 3.8) is 0 Å². The summed E-state index contributed by atoms with van der Waals surface area (Å²) >= 11 is 0. The summed E-state index contributed by atoms with van der Waals surface area (Å²) < 4.78 is 32.7. The van der Waals surface area contributed by atoms with Gasteiger partial charge in [0.1, 0.15) is 11.6 Å². The van der Waals surface area contributed by atoms with Crippen LogP contribution in [-0.4, -0.2) is 58.4 Å². The lowest BCUT2D eigenvalue weighted by Crippen LogP contribution is -2.29. The van der Waals surface area contributed by atoms with E-state index in [1.54, 1.807) is 0 Å². The molecule has 0 bridgehead atoms. The Balaban J connectivity index is 1.85. The van der Waals surface area contributed by atoms with E-state index in [9.17, 15) is 23.5 Å². The van der Waals surface area contributed by atoms with Crippen LogP contribution in [0.2, 0.25) is 0 Å². The average molecular weight is 365 g/mol. The normalized spacial score (nSPS) is 19.6. The summed E-state index contributed by atoms with van der Waals surface area (Å²) in [7, 11) is 1.24. The number of carbonyl (C=O) groups is 2. The number of hydrogen-bond donors (Lipinski definition) is 2. The maximum absolute atomic E-state index is 14.0. The number of aliphatic hydroxyl groups excluding tert-OH is 1. The number of β-amino-alcohol motifs (C(OH)–C–C–N with tert-alkyl or cyclic N) is 1. The first-order chi connectivity index (χ1) is 12.4. The number of aromatic nitrogens is 2. The Bertz CT molecular complexity index is 819. The SMILES string of the molecule is COC(=O)C[C@@H]1CN(C(=O)c2cn[nH]c2-c2c(F)cccc2F)C[C@H]1O. The van der Waals surface area contributed by atoms with Gasteiger partial charge in [-0.25, -0.2) is 8.78 Å². The quantitative estimate of drug-likeness (QED) is 0.798. The number of ether oxygens (including phenoxy) is 1. The van der Waals surface area contributed by atoms with Crippen LogP contribution in [-0.2, 0) is 9.53 Å². The third-order valence-electron chi connectivity index (χ3n) is 4.43. The minimum Gasteiger partial charge on any atom is -0.469 e. The number of aliphatic hydroxyl groups is 1. The minimum absolute atomic E-state index is 0.00483. The van der Waals surface area contributed by atoms with E-state index in [-0.39, 0.29) is 36.3 Å². The van der Waals surface area contributed by atoms with Gasteiger partial charge in [-0.3, -0.25) is 14.7 Å². The minimum atomic E-state index is -0.890. The predicted molar refractivity (Wildman–Crippen MR) is 86.0 cm³/mol. The van der Waals surface area contributed by atoms with Crippen LogP contribution in [0.5, 0.6) is 0 Å². The maximum Gasteiger partial charge on any atom is 0.305 e. The van der Waals surface area contributed by atoms with Gasteiger partial charge in [0.25, 0.3) is 5.91 Å². The van der Waals surface area contributed by atoms with Gasteiger partial charge in [0.05, 0.1) is 42.7 Å². The van der Waals surface area contributed by atoms with Crippen LogP contribution in [0.4, 0.5) is 8.78 Å². The number of rotatable bonds is 4. The number of likely N-dealkylation sites (tertiary alicyclic amines) is 1. The zero-order valence-corrected chi connectivity index (χ0v) is 13.9. The van der Waals surface area contributed by atoms with Crippen LogP contribution in [0, 0.1) is 17.6 Å². The van der Waals surface area contributed by atoms with Crippen molar-refractivity contribution in [3.8, 4) is 11.3 Å². The summed E-state index contributed by atoms with van der Waals surface area (Å²) in [5.41, 5.74) is -0.462. The van der Waals surface area contributed by atoms with E-state index in [0.717, 1.165) is 12.1 Å². The molecular weight excluding hydrogens is 348 g/mol. The molecule has 9 heteroatoms. The number of carbonyl (C=O) groups excluding carboxylic acids is 2. The molecule has 1 aliphatic rings. The van der Waals surface area contributed by atoms with E-state index in [1.165, 1.54) is 24.3 Å². The fourth-order valence-corrected chi connectivity index (χ4v) is 3.06. The van der Waals surface area contributed by atoms with Crippen LogP contribution in [0.3, 0.4) is 0 Å². The highest BCUT2D eigenvalue weighted by Crippen LogP contribution is 2.29. The van der Waals surface area contributed by atoms with Gasteiger partial charge in [0.2, 0.25) is 0 Å². The molecule has 0 spiro atoms. The first-order valence-corrected chi connectivity index (χ1v) is 7.94. The lowest BCUT2D eigenvalue weighted by molar-refractivity contribution is -0.142. The standard InChI is InChI=1S/C17H17F2N3O4/c1-26-14(24)5-9-7-22(8-13(9)23)17(25)10-6-20-21-16(10)15-11(18)3-2-4-12(15)19/h2-4,6,9,13,23H,5,7-8H2,1H3,(H,20,21)/t9-,13-/m1/s1. The molecule has 2 aromatic rings. The first kappa shape index (κ1) is 18.0. The predicted octanol–water partition coefficient (Wildman–Crippen LogP) is 1.35. The number of methoxy groups -OCH3 is 1. The number of halogens is 2. The number of H-pyrrole nitrogens is 1. The summed E-state index contributed by atoms with van der Waals surface area (Å²) in [6.45, 7) is 0.129. The van der Waals surface area contributed by atoms with Crippen molar-refractivity contribution in [1.29, 1.82) is 0 Å². The second kappa shape index (κ2) is 7.20. The maximum atomic E-state index is 14.0. The molecule has 2 heterocycles. The fraction of sp³-hybridized carbons (Fsp3) is 0.353. The Hall–Kier alpha value is -2.81. The number of nitrogens with one attached hydrogen (secondary N) is 1. The van der Waals surface area contributed by atoms with E-state index in [1.807, 2.05) is 0 Å². The van der Waals surface area contributed by atoms with E-state index in [0.29, 0.717) is 0 Å². The number of aromatic amines is 1. The summed E-state index contributed by atoms with van der Waals surface area (Å²) in [6, 6.07) is 3.39. The molecule has 7 nitrogen and oxygen atoms in total. The second-order valence-corrected chi connectivity index (χ2v) is 6.07. The van der Waals surface area contributed by atoms with Crippen molar-refractivity contribution >= 4 is 11.9 Å². The Morgan fingerprint density at radius 3 is 2.69 bits per heavy atom. The molecule has 1 fully saturated rings. The lowest BCUT2D eigenvalue weighted by atomic mass is 10.0. The van der Waals surface area contributed by atoms with Gasteiger partial charge in [-0.15, -0.1) is 0 Å². The monoisotopic (exact) mass is 365 g/mol. The fourth-order valence-electron chi connectivity index (χ4n) is 3.06. The molecule has 1 aromatic heterocycles. The molecule has 2 N–H and O–H groups in total. The van der Waals surface area contributed by atoms with Crippen LogP contribution in [0.25, 0.3) is 11.3 Å². The highest BCUT2D eigenvalue weighted by Gasteiger charge is 2.37. The molecule has 0 radical (unpaired) electrons. The molecule has 1 amide bonds. The van der Waals surface area contributed by atoms with Crippen molar-refractivity contribution in [1.82, 2.24) is 15.1 Å². The average Bonchev–Trinajstić information content (AvgIpc) is 3.21. The molecule has 26 heavy (non-hydrogen) atoms. The van der Waals surface area contributed by atoms with E-state index < -0.39 is 35.5 Å². The van der Waals surface area contributed by atoms with Crippen molar-refractivity contribution in [3.05, 3.63) is 41.6 Å². The second-order valence-electron chi connectivity index (χ2n) is 6.07. The molecule has 1 aliphatic heterocycles. The number of hydrogen-bond acceptors (Lipinski definition) is 5. The zero-order chi connectivity index (χ0) is 18.8. The molecular formula is C17H17F2N3O4. The van der Waals surface area contributed by atoms with E-state index in [2.05, 4.69) is 14.9 Å². The van der Waals surface area contributed by atoms with E-state index in [4.69, 9.17) is 0 Å². The van der Waals surface area contributed by atoms with Crippen LogP contribution >= 0.6 is 0 Å². The highest BCUT2D eigenvalue weighted by molar-refractivity contribution is 6.00. The van der Waals surface area contributed by atoms with Crippen molar-refractivity contribution in [2.24, 2.45) is 5.92 Å². The molecule has 0 saturated carbocycles. The third kappa shape index (κ3) is 3.30. The Morgan fingerprint density at radius 2 is 2.04 bits per heavy atom. The van der Waals surface area contributed by atoms with Gasteiger partial charge in [-0.1, -0.05) is 6.07 Å². The number of nitrogens with zero attached hydrogens (tertiary/aromatic N) is 2. The molecule has 0 aliphatic carbocycles. The van der Waals surface area contributed by atoms with Crippen molar-refractivity contribution < 1.29 is 28.2 Å². The number of benzene rings is 1. The molecule has 3 rings (SSSR count). The summed E-state index contributed by atoms with van der Waals surface area (Å²) in [4.78, 5) is 25.5. The Labute approximate surface area is 147 Å². The molecule has 0 unspecified atom stereocenters. The smallest absolute Gasteiger partial charge is 0.305 e. The van der Waals surface area contributed by atoms with Gasteiger partial charge in [-0.05, 0) is 12.1 Å². The summed E-state index contributed by atoms with van der Waals surface area (Å²) in [5, 5.41) is 16.3. The summed E-state index contributed by atoms with van der Waals surface area (Å²) in [6.07, 6.45) is 0.268. The Morgan fingerprint density at radius 1 is 1.35 bits per heavy atom. The van der Waals surface area contributed by atoms with Gasteiger partial charge >= 0.3 is 5.97 Å². The molecule has 138 valence electrons. The number of esters is 1. The lowest BCUT2D eigenvalue weighted by Gasteiger charge is -2.16. The van der Waals surface area contributed by atoms with Gasteiger partial charge in [0, 0.05) is 19.0 Å². The molecule has 1 saturated heterocycles. The largest absolute Gasteiger partial charge is 0.469 e. The van der Waals surface area contributed by atoms with E-state index >= 15 is 0 Å². The van der Waals surface area contributed by atoms with Gasteiger partial charge < -0.3 is 14.7 Å². The van der Waals surface area contributed by atoms with Gasteiger partial charge in [0.15, 0.2) is 0 Å². The third-order valence-corrected chi connectivity index (χ3v) is 4.43. The first-order valence-electron chi connectivity index (χ1n) is 7.94. The van der Waals surface area contributed by atoms with Gasteiger partial charge in [-0.2, -0.15) is 5.10 Å². The van der Waals surface area contributed by atoms with Crippen LogP contribution in [0.15, 0.2) is 24.4 Å². The summed E-state index contributed by atoms with van der Waals surface area (Å²) in [5.74, 6) is -3.14. The van der Waals surface area contributed by atoms with Crippen molar-refractivity contribution in [2.45, 2.75) is 12.5 Å². The topological polar surface area (TPSA) is 95.5 Å². The van der Waals surface area contributed by atoms with Crippen LogP contribution in [0.1, 0.15) is 16.8 Å². The zero-order valence-electron chi connectivity index (χ0n) is 13.9. The Kier molecular flexibility index (Phi) is 4.99. The number of amides is 1. The van der Waals surface area contributed by atoms with Crippen LogP contribution < -0.4 is 0 Å². The molecule has 1 aromatic carbocycles. The molecule has 2 atom stereocenters. The van der Waals surface area contributed by atoms with Crippen molar-refractivity contribution in [2.75, 3.05) is 20.2 Å². The highest BCUT2D eigenvalue weighted by atomic mass is 19.1.